The van der Waals surface area contributed by atoms with Crippen molar-refractivity contribution in [2.45, 2.75) is 31.3 Å². The number of anilines is 2. The number of halogens is 3. The van der Waals surface area contributed by atoms with Crippen LogP contribution in [-0.4, -0.2) is 31.1 Å². The standard InChI is InChI=1S/C24H22ClF2N3O4S/c1-3-5-15-14-30(35(31,32)18-7-4-6-17(13-18)34-24(26)27)21-12-16(8-9-19(15)21)28-20-10-11-22(33-2)29-23(20)25/h4,6-14,24,28H,3,5H2,1-2H3. The smallest absolute Gasteiger partial charge is 0.387 e. The van der Waals surface area contributed by atoms with Crippen molar-refractivity contribution >= 4 is 43.9 Å². The minimum atomic E-state index is -4.12. The molecule has 0 unspecified atom stereocenters. The third-order valence-corrected chi connectivity index (χ3v) is 7.23. The molecule has 1 N–H and O–H groups in total. The van der Waals surface area contributed by atoms with Crippen LogP contribution in [0, 0.1) is 0 Å². The fraction of sp³-hybridized carbons (Fsp3) is 0.208. The van der Waals surface area contributed by atoms with Gasteiger partial charge in [0, 0.05) is 29.4 Å². The average Bonchev–Trinajstić information content (AvgIpc) is 3.19. The topological polar surface area (TPSA) is 82.5 Å². The average molecular weight is 522 g/mol. The molecule has 0 aliphatic rings. The molecule has 11 heteroatoms. The van der Waals surface area contributed by atoms with E-state index in [0.29, 0.717) is 29.2 Å². The van der Waals surface area contributed by atoms with Gasteiger partial charge >= 0.3 is 6.61 Å². The SMILES string of the molecule is CCCc1cn(S(=O)(=O)c2cccc(OC(F)F)c2)c2cc(Nc3ccc(OC)nc3Cl)ccc12. The first-order chi connectivity index (χ1) is 16.7. The summed E-state index contributed by atoms with van der Waals surface area (Å²) in [6.45, 7) is -1.07. The molecule has 2 heterocycles. The molecular formula is C24H22ClF2N3O4S. The maximum Gasteiger partial charge on any atom is 0.387 e. The van der Waals surface area contributed by atoms with Crippen molar-refractivity contribution in [3.05, 3.63) is 71.5 Å². The number of rotatable bonds is 9. The van der Waals surface area contributed by atoms with E-state index in [0.717, 1.165) is 27.4 Å². The number of hydrogen-bond acceptors (Lipinski definition) is 6. The van der Waals surface area contributed by atoms with Crippen LogP contribution in [0.15, 0.2) is 65.7 Å². The van der Waals surface area contributed by atoms with Crippen LogP contribution < -0.4 is 14.8 Å². The first kappa shape index (κ1) is 24.7. The Morgan fingerprint density at radius 1 is 1.14 bits per heavy atom. The highest BCUT2D eigenvalue weighted by Gasteiger charge is 2.22. The highest BCUT2D eigenvalue weighted by molar-refractivity contribution is 7.90. The minimum absolute atomic E-state index is 0.170. The van der Waals surface area contributed by atoms with E-state index in [1.165, 1.54) is 25.3 Å². The van der Waals surface area contributed by atoms with E-state index < -0.39 is 16.6 Å². The molecule has 4 rings (SSSR count). The number of nitrogens with zero attached hydrogens (tertiary/aromatic N) is 2. The van der Waals surface area contributed by atoms with E-state index in [1.807, 2.05) is 19.1 Å². The number of fused-ring (bicyclic) bond motifs is 1. The Hall–Kier alpha value is -3.37. The molecule has 0 bridgehead atoms. The van der Waals surface area contributed by atoms with E-state index in [-0.39, 0.29) is 15.8 Å². The predicted molar refractivity (Wildman–Crippen MR) is 131 cm³/mol. The van der Waals surface area contributed by atoms with Crippen molar-refractivity contribution in [1.29, 1.82) is 0 Å². The van der Waals surface area contributed by atoms with Gasteiger partial charge < -0.3 is 14.8 Å². The molecule has 0 radical (unpaired) electrons. The summed E-state index contributed by atoms with van der Waals surface area (Å²) in [5.41, 5.74) is 2.37. The molecule has 7 nitrogen and oxygen atoms in total. The maximum atomic E-state index is 13.6. The molecule has 0 saturated heterocycles. The van der Waals surface area contributed by atoms with Gasteiger partial charge in [-0.05, 0) is 42.3 Å². The van der Waals surface area contributed by atoms with Gasteiger partial charge in [-0.1, -0.05) is 37.1 Å². The predicted octanol–water partition coefficient (Wildman–Crippen LogP) is 6.23. The highest BCUT2D eigenvalue weighted by Crippen LogP contribution is 2.32. The molecule has 0 spiro atoms. The number of ether oxygens (including phenoxy) is 2. The van der Waals surface area contributed by atoms with Gasteiger partial charge in [0.2, 0.25) is 5.88 Å². The van der Waals surface area contributed by atoms with Crippen molar-refractivity contribution in [2.24, 2.45) is 0 Å². The van der Waals surface area contributed by atoms with Gasteiger partial charge in [-0.3, -0.25) is 0 Å². The molecule has 2 aromatic heterocycles. The molecule has 35 heavy (non-hydrogen) atoms. The summed E-state index contributed by atoms with van der Waals surface area (Å²) in [5.74, 6) is 0.119. The lowest BCUT2D eigenvalue weighted by Gasteiger charge is -2.12. The zero-order valence-corrected chi connectivity index (χ0v) is 20.4. The highest BCUT2D eigenvalue weighted by atomic mass is 35.5. The molecule has 0 aliphatic heterocycles. The summed E-state index contributed by atoms with van der Waals surface area (Å²) in [6.07, 6.45) is 3.04. The Morgan fingerprint density at radius 3 is 2.63 bits per heavy atom. The number of pyridine rings is 1. The molecular weight excluding hydrogens is 500 g/mol. The first-order valence-electron chi connectivity index (χ1n) is 10.6. The fourth-order valence-electron chi connectivity index (χ4n) is 3.72. The number of aryl methyl sites for hydroxylation is 1. The summed E-state index contributed by atoms with van der Waals surface area (Å²) in [7, 11) is -2.64. The Balaban J connectivity index is 1.80. The number of nitrogens with one attached hydrogen (secondary N) is 1. The third kappa shape index (κ3) is 5.18. The van der Waals surface area contributed by atoms with Crippen molar-refractivity contribution in [2.75, 3.05) is 12.4 Å². The number of hydrogen-bond donors (Lipinski definition) is 1. The summed E-state index contributed by atoms with van der Waals surface area (Å²) in [6, 6.07) is 13.7. The quantitative estimate of drug-likeness (QED) is 0.263. The van der Waals surface area contributed by atoms with Gasteiger partial charge in [-0.15, -0.1) is 0 Å². The Morgan fingerprint density at radius 2 is 1.94 bits per heavy atom. The van der Waals surface area contributed by atoms with E-state index in [2.05, 4.69) is 15.0 Å². The van der Waals surface area contributed by atoms with E-state index >= 15 is 0 Å². The summed E-state index contributed by atoms with van der Waals surface area (Å²) >= 11 is 6.24. The normalized spacial score (nSPS) is 11.7. The molecule has 0 aliphatic carbocycles. The zero-order chi connectivity index (χ0) is 25.2. The van der Waals surface area contributed by atoms with Gasteiger partial charge in [0.25, 0.3) is 10.0 Å². The Kier molecular flexibility index (Phi) is 7.13. The minimum Gasteiger partial charge on any atom is -0.481 e. The molecule has 2 aromatic carbocycles. The van der Waals surface area contributed by atoms with Crippen molar-refractivity contribution in [3.8, 4) is 11.6 Å². The fourth-order valence-corrected chi connectivity index (χ4v) is 5.33. The molecule has 0 amide bonds. The van der Waals surface area contributed by atoms with Crippen LogP contribution in [0.25, 0.3) is 10.9 Å². The summed E-state index contributed by atoms with van der Waals surface area (Å²) in [4.78, 5) is 3.95. The number of benzene rings is 2. The molecule has 0 fully saturated rings. The number of aromatic nitrogens is 2. The van der Waals surface area contributed by atoms with Crippen molar-refractivity contribution < 1.29 is 26.7 Å². The van der Waals surface area contributed by atoms with E-state index in [4.69, 9.17) is 16.3 Å². The van der Waals surface area contributed by atoms with E-state index in [9.17, 15) is 17.2 Å². The zero-order valence-electron chi connectivity index (χ0n) is 18.8. The summed E-state index contributed by atoms with van der Waals surface area (Å²) < 4.78 is 63.0. The van der Waals surface area contributed by atoms with Crippen molar-refractivity contribution in [3.63, 3.8) is 0 Å². The van der Waals surface area contributed by atoms with Crippen molar-refractivity contribution in [1.82, 2.24) is 8.96 Å². The number of alkyl halides is 2. The number of methoxy groups -OCH3 is 1. The lowest BCUT2D eigenvalue weighted by Crippen LogP contribution is -2.12. The second-order valence-electron chi connectivity index (χ2n) is 7.61. The maximum absolute atomic E-state index is 13.6. The Labute approximate surface area is 206 Å². The lowest BCUT2D eigenvalue weighted by atomic mass is 10.1. The van der Waals surface area contributed by atoms with Crippen LogP contribution in [0.3, 0.4) is 0 Å². The van der Waals surface area contributed by atoms with Crippen LogP contribution in [0.5, 0.6) is 11.6 Å². The molecule has 0 atom stereocenters. The van der Waals surface area contributed by atoms with E-state index in [1.54, 1.807) is 24.4 Å². The first-order valence-corrected chi connectivity index (χ1v) is 12.5. The largest absolute Gasteiger partial charge is 0.481 e. The lowest BCUT2D eigenvalue weighted by molar-refractivity contribution is -0.0499. The van der Waals surface area contributed by atoms with Gasteiger partial charge in [-0.25, -0.2) is 12.4 Å². The molecule has 4 aromatic rings. The second-order valence-corrected chi connectivity index (χ2v) is 9.78. The molecule has 184 valence electrons. The van der Waals surface area contributed by atoms with Gasteiger partial charge in [-0.2, -0.15) is 13.8 Å². The van der Waals surface area contributed by atoms with Gasteiger partial charge in [0.15, 0.2) is 5.15 Å². The monoisotopic (exact) mass is 521 g/mol. The Bertz CT molecular complexity index is 1480. The molecule has 0 saturated carbocycles. The second kappa shape index (κ2) is 10.1. The van der Waals surface area contributed by atoms with Crippen LogP contribution in [0.1, 0.15) is 18.9 Å². The summed E-state index contributed by atoms with van der Waals surface area (Å²) in [5, 5.41) is 4.10. The third-order valence-electron chi connectivity index (χ3n) is 5.27. The van der Waals surface area contributed by atoms with Crippen LogP contribution in [0.2, 0.25) is 5.15 Å². The van der Waals surface area contributed by atoms with Gasteiger partial charge in [0.1, 0.15) is 5.75 Å². The van der Waals surface area contributed by atoms with Crippen LogP contribution in [0.4, 0.5) is 20.2 Å². The van der Waals surface area contributed by atoms with Crippen LogP contribution in [-0.2, 0) is 16.4 Å². The van der Waals surface area contributed by atoms with Gasteiger partial charge in [0.05, 0.1) is 23.2 Å². The van der Waals surface area contributed by atoms with Crippen LogP contribution >= 0.6 is 11.6 Å².